The Labute approximate surface area is 114 Å². The maximum absolute atomic E-state index is 10.5. The summed E-state index contributed by atoms with van der Waals surface area (Å²) in [4.78, 5) is 10.5. The molecule has 0 aliphatic carbocycles. The van der Waals surface area contributed by atoms with Crippen molar-refractivity contribution in [2.75, 3.05) is 7.11 Å². The number of hydrogen-bond acceptors (Lipinski definition) is 2. The van der Waals surface area contributed by atoms with Crippen molar-refractivity contribution in [1.29, 1.82) is 0 Å². The Morgan fingerprint density at radius 1 is 1.22 bits per heavy atom. The molecule has 0 saturated carbocycles. The van der Waals surface area contributed by atoms with Crippen molar-refractivity contribution in [1.82, 2.24) is 0 Å². The van der Waals surface area contributed by atoms with E-state index in [0.29, 0.717) is 5.75 Å². The van der Waals surface area contributed by atoms with Crippen molar-refractivity contribution in [2.45, 2.75) is 0 Å². The first kappa shape index (κ1) is 12.6. The van der Waals surface area contributed by atoms with Crippen LogP contribution in [0.15, 0.2) is 46.9 Å². The summed E-state index contributed by atoms with van der Waals surface area (Å²) in [7, 11) is 1.60. The lowest BCUT2D eigenvalue weighted by Crippen LogP contribution is -1.91. The van der Waals surface area contributed by atoms with E-state index in [0.717, 1.165) is 21.2 Å². The van der Waals surface area contributed by atoms with Gasteiger partial charge in [-0.2, -0.15) is 0 Å². The highest BCUT2D eigenvalue weighted by Gasteiger charge is 2.09. The van der Waals surface area contributed by atoms with E-state index in [1.54, 1.807) is 13.1 Å². The fourth-order valence-electron chi connectivity index (χ4n) is 1.84. The molecule has 0 heterocycles. The average molecular weight is 303 g/mol. The summed E-state index contributed by atoms with van der Waals surface area (Å²) < 4.78 is 6.40. The minimum atomic E-state index is 0.680. The zero-order chi connectivity index (χ0) is 13.0. The lowest BCUT2D eigenvalue weighted by molar-refractivity contribution is 0.415. The van der Waals surface area contributed by atoms with Crippen LogP contribution in [-0.4, -0.2) is 13.1 Å². The molecule has 0 fully saturated rings. The van der Waals surface area contributed by atoms with Gasteiger partial charge in [-0.1, -0.05) is 46.3 Å². The number of ether oxygens (including phenoxy) is 1. The molecule has 2 rings (SSSR count). The van der Waals surface area contributed by atoms with Gasteiger partial charge in [-0.3, -0.25) is 0 Å². The van der Waals surface area contributed by atoms with E-state index in [9.17, 15) is 4.79 Å². The Kier molecular flexibility index (Phi) is 3.98. The van der Waals surface area contributed by atoms with Crippen LogP contribution in [0.4, 0.5) is 0 Å². The fourth-order valence-corrected chi connectivity index (χ4v) is 2.24. The minimum absolute atomic E-state index is 0.680. The molecule has 2 aromatic rings. The third kappa shape index (κ3) is 2.53. The van der Waals surface area contributed by atoms with Crippen molar-refractivity contribution in [3.05, 3.63) is 52.5 Å². The highest BCUT2D eigenvalue weighted by molar-refractivity contribution is 9.10. The van der Waals surface area contributed by atoms with Crippen molar-refractivity contribution < 1.29 is 9.53 Å². The number of para-hydroxylation sites is 1. The van der Waals surface area contributed by atoms with Crippen molar-refractivity contribution in [3.63, 3.8) is 0 Å². The molecule has 18 heavy (non-hydrogen) atoms. The summed E-state index contributed by atoms with van der Waals surface area (Å²) in [6, 6.07) is 13.6. The standard InChI is InChI=1S/C15H11BrO2/c1-18-15-11(8-9-17)4-3-7-14(15)12-5-2-6-13(16)10-12/h2-8,10H,1H3. The number of carbonyl (C=O) groups excluding carboxylic acids is 1. The topological polar surface area (TPSA) is 26.3 Å². The van der Waals surface area contributed by atoms with E-state index in [4.69, 9.17) is 4.74 Å². The molecule has 0 bridgehead atoms. The van der Waals surface area contributed by atoms with Gasteiger partial charge in [0.2, 0.25) is 0 Å². The van der Waals surface area contributed by atoms with Gasteiger partial charge in [-0.15, -0.1) is 0 Å². The summed E-state index contributed by atoms with van der Waals surface area (Å²) in [5.41, 5.74) is 2.70. The van der Waals surface area contributed by atoms with Gasteiger partial charge in [0, 0.05) is 21.7 Å². The Hall–Kier alpha value is -1.83. The van der Waals surface area contributed by atoms with Crippen LogP contribution in [0.2, 0.25) is 0 Å². The van der Waals surface area contributed by atoms with Crippen molar-refractivity contribution >= 4 is 27.9 Å². The first-order chi connectivity index (χ1) is 8.76. The zero-order valence-electron chi connectivity index (χ0n) is 9.81. The van der Waals surface area contributed by atoms with E-state index in [1.165, 1.54) is 6.08 Å². The molecule has 0 aromatic heterocycles. The van der Waals surface area contributed by atoms with Gasteiger partial charge in [0.15, 0.2) is 0 Å². The Morgan fingerprint density at radius 2 is 2.00 bits per heavy atom. The SMILES string of the molecule is COc1c(C=C=O)cccc1-c1cccc(Br)c1. The molecule has 3 heteroatoms. The number of rotatable bonds is 3. The molecule has 0 aliphatic heterocycles. The van der Waals surface area contributed by atoms with Crippen molar-refractivity contribution in [2.24, 2.45) is 0 Å². The highest BCUT2D eigenvalue weighted by Crippen LogP contribution is 2.34. The van der Waals surface area contributed by atoms with Gasteiger partial charge < -0.3 is 4.74 Å². The molecule has 2 nitrogen and oxygen atoms in total. The molecule has 0 N–H and O–H groups in total. The van der Waals surface area contributed by atoms with Crippen LogP contribution in [0.3, 0.4) is 0 Å². The van der Waals surface area contributed by atoms with Gasteiger partial charge in [0.25, 0.3) is 0 Å². The second-order valence-electron chi connectivity index (χ2n) is 3.70. The molecule has 0 unspecified atom stereocenters. The zero-order valence-corrected chi connectivity index (χ0v) is 11.4. The van der Waals surface area contributed by atoms with E-state index < -0.39 is 0 Å². The summed E-state index contributed by atoms with van der Waals surface area (Å²) in [5, 5.41) is 0. The smallest absolute Gasteiger partial charge is 0.134 e. The predicted octanol–water partition coefficient (Wildman–Crippen LogP) is 3.97. The molecule has 0 amide bonds. The minimum Gasteiger partial charge on any atom is -0.495 e. The maximum Gasteiger partial charge on any atom is 0.134 e. The van der Waals surface area contributed by atoms with Crippen LogP contribution < -0.4 is 4.74 Å². The van der Waals surface area contributed by atoms with Gasteiger partial charge >= 0.3 is 0 Å². The summed E-state index contributed by atoms with van der Waals surface area (Å²) in [6.07, 6.45) is 1.38. The largest absolute Gasteiger partial charge is 0.495 e. The van der Waals surface area contributed by atoms with Crippen LogP contribution >= 0.6 is 15.9 Å². The van der Waals surface area contributed by atoms with Crippen LogP contribution in [0.5, 0.6) is 5.75 Å². The van der Waals surface area contributed by atoms with Crippen LogP contribution in [-0.2, 0) is 4.79 Å². The molecule has 0 atom stereocenters. The second kappa shape index (κ2) is 5.67. The molecular formula is C15H11BrO2. The molecule has 0 radical (unpaired) electrons. The van der Waals surface area contributed by atoms with Crippen LogP contribution in [0, 0.1) is 0 Å². The average Bonchev–Trinajstić information content (AvgIpc) is 2.39. The summed E-state index contributed by atoms with van der Waals surface area (Å²) in [6.45, 7) is 0. The number of methoxy groups -OCH3 is 1. The third-order valence-electron chi connectivity index (χ3n) is 2.60. The highest BCUT2D eigenvalue weighted by atomic mass is 79.9. The van der Waals surface area contributed by atoms with Crippen LogP contribution in [0.25, 0.3) is 17.2 Å². The normalized spacial score (nSPS) is 9.67. The fraction of sp³-hybridized carbons (Fsp3) is 0.0667. The molecule has 90 valence electrons. The van der Waals surface area contributed by atoms with E-state index in [2.05, 4.69) is 15.9 Å². The monoisotopic (exact) mass is 302 g/mol. The Morgan fingerprint density at radius 3 is 2.67 bits per heavy atom. The first-order valence-electron chi connectivity index (χ1n) is 5.40. The maximum atomic E-state index is 10.5. The van der Waals surface area contributed by atoms with Gasteiger partial charge in [-0.05, 0) is 17.7 Å². The number of hydrogen-bond donors (Lipinski definition) is 0. The predicted molar refractivity (Wildman–Crippen MR) is 76.3 cm³/mol. The quantitative estimate of drug-likeness (QED) is 0.802. The third-order valence-corrected chi connectivity index (χ3v) is 3.09. The van der Waals surface area contributed by atoms with Gasteiger partial charge in [-0.25, -0.2) is 4.79 Å². The number of halogens is 1. The lowest BCUT2D eigenvalue weighted by Gasteiger charge is -2.11. The summed E-state index contributed by atoms with van der Waals surface area (Å²) >= 11 is 3.44. The number of benzene rings is 2. The van der Waals surface area contributed by atoms with Crippen LogP contribution in [0.1, 0.15) is 5.56 Å². The molecule has 0 spiro atoms. The van der Waals surface area contributed by atoms with Crippen molar-refractivity contribution in [3.8, 4) is 16.9 Å². The molecule has 0 aliphatic rings. The lowest BCUT2D eigenvalue weighted by atomic mass is 10.0. The first-order valence-corrected chi connectivity index (χ1v) is 6.19. The van der Waals surface area contributed by atoms with E-state index in [1.807, 2.05) is 42.5 Å². The van der Waals surface area contributed by atoms with Gasteiger partial charge in [0.1, 0.15) is 11.7 Å². The Balaban J connectivity index is 2.64. The Bertz CT molecular complexity index is 614. The summed E-state index contributed by atoms with van der Waals surface area (Å²) in [5.74, 6) is 2.46. The van der Waals surface area contributed by atoms with Gasteiger partial charge in [0.05, 0.1) is 7.11 Å². The second-order valence-corrected chi connectivity index (χ2v) is 4.62. The van der Waals surface area contributed by atoms with E-state index >= 15 is 0 Å². The van der Waals surface area contributed by atoms with E-state index in [-0.39, 0.29) is 0 Å². The molecule has 2 aromatic carbocycles. The molecule has 0 saturated heterocycles. The molecular weight excluding hydrogens is 292 g/mol.